The lowest BCUT2D eigenvalue weighted by atomic mass is 9.92. The first kappa shape index (κ1) is 27.6. The standard InChI is InChI=1S/C29H38FN5O3/c1-29(2,3)20-26(36)32-24-19-22(28(38)35-15-11-31-12-16-35)7-10-25(24)33-13-4-14-34(18-17-33)27(37)21-5-8-23(30)9-6-21/h5-10,19,31H,4,11-18,20H2,1-3H3,(H,32,36). The van der Waals surface area contributed by atoms with Crippen molar-refractivity contribution in [2.75, 3.05) is 62.6 Å². The minimum Gasteiger partial charge on any atom is -0.368 e. The molecular weight excluding hydrogens is 485 g/mol. The Hall–Kier alpha value is -3.46. The van der Waals surface area contributed by atoms with Crippen LogP contribution in [0.4, 0.5) is 15.8 Å². The molecule has 0 aromatic heterocycles. The average Bonchev–Trinajstić information content (AvgIpc) is 3.14. The van der Waals surface area contributed by atoms with Gasteiger partial charge < -0.3 is 25.3 Å². The first-order valence-corrected chi connectivity index (χ1v) is 13.3. The average molecular weight is 524 g/mol. The van der Waals surface area contributed by atoms with Gasteiger partial charge in [-0.1, -0.05) is 20.8 Å². The van der Waals surface area contributed by atoms with Crippen molar-refractivity contribution in [3.63, 3.8) is 0 Å². The lowest BCUT2D eigenvalue weighted by Crippen LogP contribution is -2.46. The largest absolute Gasteiger partial charge is 0.368 e. The predicted octanol–water partition coefficient (Wildman–Crippen LogP) is 3.60. The number of piperazine rings is 1. The third-order valence-corrected chi connectivity index (χ3v) is 6.83. The maximum absolute atomic E-state index is 13.3. The van der Waals surface area contributed by atoms with Crippen LogP contribution in [0.2, 0.25) is 0 Å². The van der Waals surface area contributed by atoms with E-state index in [1.54, 1.807) is 11.0 Å². The number of rotatable bonds is 5. The van der Waals surface area contributed by atoms with Crippen LogP contribution in [0.15, 0.2) is 42.5 Å². The molecule has 4 rings (SSSR count). The number of nitrogens with zero attached hydrogens (tertiary/aromatic N) is 3. The molecule has 0 atom stereocenters. The molecule has 204 valence electrons. The summed E-state index contributed by atoms with van der Waals surface area (Å²) in [4.78, 5) is 44.9. The molecule has 2 fully saturated rings. The van der Waals surface area contributed by atoms with Crippen LogP contribution in [-0.2, 0) is 4.79 Å². The van der Waals surface area contributed by atoms with Gasteiger partial charge in [-0.15, -0.1) is 0 Å². The van der Waals surface area contributed by atoms with E-state index in [1.807, 2.05) is 37.8 Å². The summed E-state index contributed by atoms with van der Waals surface area (Å²) in [5.41, 5.74) is 2.27. The number of carbonyl (C=O) groups excluding carboxylic acids is 3. The molecule has 0 radical (unpaired) electrons. The fraction of sp³-hybridized carbons (Fsp3) is 0.483. The van der Waals surface area contributed by atoms with E-state index in [0.717, 1.165) is 25.2 Å². The highest BCUT2D eigenvalue weighted by atomic mass is 19.1. The molecule has 8 nitrogen and oxygen atoms in total. The van der Waals surface area contributed by atoms with Gasteiger partial charge in [-0.05, 0) is 54.3 Å². The van der Waals surface area contributed by atoms with Crippen LogP contribution in [0, 0.1) is 11.2 Å². The number of hydrogen-bond acceptors (Lipinski definition) is 5. The van der Waals surface area contributed by atoms with Crippen LogP contribution in [-0.4, -0.2) is 79.9 Å². The monoisotopic (exact) mass is 523 g/mol. The molecule has 38 heavy (non-hydrogen) atoms. The summed E-state index contributed by atoms with van der Waals surface area (Å²) in [6.07, 6.45) is 1.09. The molecule has 0 bridgehead atoms. The number of anilines is 2. The van der Waals surface area contributed by atoms with Gasteiger partial charge in [0.2, 0.25) is 5.91 Å². The number of amides is 3. The normalized spacial score (nSPS) is 16.7. The molecule has 0 unspecified atom stereocenters. The molecule has 9 heteroatoms. The first-order chi connectivity index (χ1) is 18.1. The molecule has 3 amide bonds. The van der Waals surface area contributed by atoms with E-state index in [1.165, 1.54) is 24.3 Å². The summed E-state index contributed by atoms with van der Waals surface area (Å²) in [7, 11) is 0. The molecule has 2 heterocycles. The van der Waals surface area contributed by atoms with Gasteiger partial charge in [0.15, 0.2) is 0 Å². The molecular formula is C29H38FN5O3. The van der Waals surface area contributed by atoms with Crippen LogP contribution in [0.25, 0.3) is 0 Å². The summed E-state index contributed by atoms with van der Waals surface area (Å²) in [6.45, 7) is 11.2. The van der Waals surface area contributed by atoms with E-state index < -0.39 is 0 Å². The molecule has 0 aliphatic carbocycles. The van der Waals surface area contributed by atoms with E-state index in [4.69, 9.17) is 0 Å². The second-order valence-corrected chi connectivity index (χ2v) is 11.2. The quantitative estimate of drug-likeness (QED) is 0.626. The highest BCUT2D eigenvalue weighted by Crippen LogP contribution is 2.30. The third-order valence-electron chi connectivity index (χ3n) is 6.83. The number of halogens is 1. The number of hydrogen-bond donors (Lipinski definition) is 2. The van der Waals surface area contributed by atoms with Crippen molar-refractivity contribution >= 4 is 29.1 Å². The van der Waals surface area contributed by atoms with E-state index in [9.17, 15) is 18.8 Å². The van der Waals surface area contributed by atoms with Crippen molar-refractivity contribution in [3.8, 4) is 0 Å². The maximum Gasteiger partial charge on any atom is 0.254 e. The van der Waals surface area contributed by atoms with E-state index >= 15 is 0 Å². The van der Waals surface area contributed by atoms with Gasteiger partial charge in [0, 0.05) is 69.9 Å². The topological polar surface area (TPSA) is 85.0 Å². The van der Waals surface area contributed by atoms with Gasteiger partial charge in [-0.2, -0.15) is 0 Å². The van der Waals surface area contributed by atoms with Crippen molar-refractivity contribution in [1.29, 1.82) is 0 Å². The molecule has 2 N–H and O–H groups in total. The highest BCUT2D eigenvalue weighted by Gasteiger charge is 2.25. The Bertz CT molecular complexity index is 1160. The van der Waals surface area contributed by atoms with Gasteiger partial charge in [0.05, 0.1) is 11.4 Å². The fourth-order valence-corrected chi connectivity index (χ4v) is 4.91. The number of benzene rings is 2. The zero-order valence-electron chi connectivity index (χ0n) is 22.6. The summed E-state index contributed by atoms with van der Waals surface area (Å²) >= 11 is 0. The molecule has 2 aliphatic rings. The van der Waals surface area contributed by atoms with Gasteiger partial charge >= 0.3 is 0 Å². The van der Waals surface area contributed by atoms with E-state index in [-0.39, 0.29) is 29.0 Å². The molecule has 2 saturated heterocycles. The van der Waals surface area contributed by atoms with Crippen LogP contribution < -0.4 is 15.5 Å². The van der Waals surface area contributed by atoms with Gasteiger partial charge in [0.25, 0.3) is 11.8 Å². The van der Waals surface area contributed by atoms with Crippen LogP contribution >= 0.6 is 0 Å². The summed E-state index contributed by atoms with van der Waals surface area (Å²) in [6, 6.07) is 11.1. The Morgan fingerprint density at radius 3 is 2.16 bits per heavy atom. The lowest BCUT2D eigenvalue weighted by Gasteiger charge is -2.29. The Morgan fingerprint density at radius 1 is 0.842 bits per heavy atom. The van der Waals surface area contributed by atoms with Crippen molar-refractivity contribution in [3.05, 3.63) is 59.4 Å². The van der Waals surface area contributed by atoms with Gasteiger partial charge in [-0.25, -0.2) is 4.39 Å². The number of carbonyl (C=O) groups is 3. The third kappa shape index (κ3) is 7.10. The first-order valence-electron chi connectivity index (χ1n) is 13.3. The molecule has 2 aliphatic heterocycles. The summed E-state index contributed by atoms with van der Waals surface area (Å²) in [5, 5.41) is 6.33. The van der Waals surface area contributed by atoms with Crippen LogP contribution in [0.5, 0.6) is 0 Å². The fourth-order valence-electron chi connectivity index (χ4n) is 4.91. The number of nitrogens with one attached hydrogen (secondary N) is 2. The lowest BCUT2D eigenvalue weighted by molar-refractivity contribution is -0.117. The van der Waals surface area contributed by atoms with Gasteiger partial charge in [-0.3, -0.25) is 14.4 Å². The summed E-state index contributed by atoms with van der Waals surface area (Å²) in [5.74, 6) is -0.643. The smallest absolute Gasteiger partial charge is 0.254 e. The zero-order valence-corrected chi connectivity index (χ0v) is 22.6. The van der Waals surface area contributed by atoms with Crippen molar-refractivity contribution in [1.82, 2.24) is 15.1 Å². The molecule has 2 aromatic rings. The zero-order chi connectivity index (χ0) is 27.3. The van der Waals surface area contributed by atoms with Gasteiger partial charge in [0.1, 0.15) is 5.82 Å². The SMILES string of the molecule is CC(C)(C)CC(=O)Nc1cc(C(=O)N2CCNCC2)ccc1N1CCCN(C(=O)c2ccc(F)cc2)CC1. The van der Waals surface area contributed by atoms with Crippen molar-refractivity contribution < 1.29 is 18.8 Å². The second kappa shape index (κ2) is 11.9. The minimum atomic E-state index is -0.372. The Kier molecular flexibility index (Phi) is 8.66. The highest BCUT2D eigenvalue weighted by molar-refractivity contribution is 6.00. The Labute approximate surface area is 224 Å². The second-order valence-electron chi connectivity index (χ2n) is 11.2. The Balaban J connectivity index is 1.54. The minimum absolute atomic E-state index is 0.0451. The van der Waals surface area contributed by atoms with Crippen molar-refractivity contribution in [2.24, 2.45) is 5.41 Å². The molecule has 0 spiro atoms. The molecule has 0 saturated carbocycles. The van der Waals surface area contributed by atoms with E-state index in [2.05, 4.69) is 15.5 Å². The van der Waals surface area contributed by atoms with Crippen LogP contribution in [0.1, 0.15) is 54.3 Å². The molecule has 2 aromatic carbocycles. The summed E-state index contributed by atoms with van der Waals surface area (Å²) < 4.78 is 13.3. The maximum atomic E-state index is 13.3. The van der Waals surface area contributed by atoms with Crippen LogP contribution in [0.3, 0.4) is 0 Å². The predicted molar refractivity (Wildman–Crippen MR) is 147 cm³/mol. The van der Waals surface area contributed by atoms with Crippen molar-refractivity contribution in [2.45, 2.75) is 33.6 Å². The van der Waals surface area contributed by atoms with E-state index in [0.29, 0.717) is 62.5 Å². The Morgan fingerprint density at radius 2 is 1.47 bits per heavy atom.